The topological polar surface area (TPSA) is 42.2 Å². The van der Waals surface area contributed by atoms with Crippen LogP contribution in [0.3, 0.4) is 0 Å². The normalized spacial score (nSPS) is 18.8. The third-order valence-corrected chi connectivity index (χ3v) is 3.56. The maximum atomic E-state index is 11.9. The second kappa shape index (κ2) is 5.55. The van der Waals surface area contributed by atoms with Crippen molar-refractivity contribution >= 4 is 23.1 Å². The molecule has 0 saturated carbocycles. The minimum absolute atomic E-state index is 0.101. The molecule has 20 heavy (non-hydrogen) atoms. The van der Waals surface area contributed by atoms with Crippen molar-refractivity contribution in [1.82, 2.24) is 0 Å². The molecule has 4 heteroatoms. The molecule has 0 bridgehead atoms. The summed E-state index contributed by atoms with van der Waals surface area (Å²) in [7, 11) is 0. The summed E-state index contributed by atoms with van der Waals surface area (Å²) in [6.45, 7) is 0. The maximum Gasteiger partial charge on any atom is 0.158 e. The molecule has 102 valence electrons. The van der Waals surface area contributed by atoms with Crippen LogP contribution in [0.5, 0.6) is 0 Å². The zero-order chi connectivity index (χ0) is 13.9. The molecule has 0 unspecified atom stereocenters. The summed E-state index contributed by atoms with van der Waals surface area (Å²) >= 11 is 5.96. The smallest absolute Gasteiger partial charge is 0.158 e. The van der Waals surface area contributed by atoms with E-state index in [2.05, 4.69) is 5.32 Å². The molecule has 2 aromatic rings. The average Bonchev–Trinajstić information content (AvgIpc) is 2.91. The number of rotatable bonds is 3. The number of carbonyl (C=O) groups is 1. The lowest BCUT2D eigenvalue weighted by Crippen LogP contribution is -2.16. The Morgan fingerprint density at radius 3 is 2.85 bits per heavy atom. The Morgan fingerprint density at radius 2 is 2.10 bits per heavy atom. The van der Waals surface area contributed by atoms with Crippen LogP contribution < -0.4 is 5.32 Å². The van der Waals surface area contributed by atoms with Crippen molar-refractivity contribution in [3.63, 3.8) is 0 Å². The molecule has 1 aliphatic carbocycles. The third-order valence-electron chi connectivity index (χ3n) is 3.32. The van der Waals surface area contributed by atoms with Gasteiger partial charge in [-0.1, -0.05) is 17.7 Å². The lowest BCUT2D eigenvalue weighted by atomic mass is 9.89. The van der Waals surface area contributed by atoms with E-state index in [1.807, 2.05) is 36.4 Å². The van der Waals surface area contributed by atoms with E-state index in [0.717, 1.165) is 23.6 Å². The molecule has 0 aliphatic heterocycles. The number of hydrogen-bond donors (Lipinski definition) is 1. The minimum atomic E-state index is 0.101. The second-order valence-corrected chi connectivity index (χ2v) is 5.33. The fourth-order valence-corrected chi connectivity index (χ4v) is 2.65. The fourth-order valence-electron chi connectivity index (χ4n) is 2.46. The molecule has 0 radical (unpaired) electrons. The van der Waals surface area contributed by atoms with Gasteiger partial charge < -0.3 is 9.73 Å². The van der Waals surface area contributed by atoms with Gasteiger partial charge in [0.2, 0.25) is 0 Å². The van der Waals surface area contributed by atoms with E-state index in [-0.39, 0.29) is 11.7 Å². The number of ketones is 1. The van der Waals surface area contributed by atoms with Crippen LogP contribution in [-0.4, -0.2) is 5.78 Å². The third kappa shape index (κ3) is 2.94. The highest BCUT2D eigenvalue weighted by atomic mass is 35.5. The first-order valence-corrected chi connectivity index (χ1v) is 6.88. The molecular formula is C16H14ClNO2. The lowest BCUT2D eigenvalue weighted by molar-refractivity contribution is -0.115. The molecule has 3 rings (SSSR count). The monoisotopic (exact) mass is 287 g/mol. The number of anilines is 1. The van der Waals surface area contributed by atoms with E-state index < -0.39 is 0 Å². The maximum absolute atomic E-state index is 11.9. The van der Waals surface area contributed by atoms with Crippen molar-refractivity contribution in [2.45, 2.75) is 18.8 Å². The molecule has 1 N–H and O–H groups in total. The van der Waals surface area contributed by atoms with Gasteiger partial charge in [-0.05, 0) is 36.8 Å². The van der Waals surface area contributed by atoms with Crippen molar-refractivity contribution in [3.8, 4) is 0 Å². The van der Waals surface area contributed by atoms with E-state index in [4.69, 9.17) is 16.0 Å². The molecule has 1 heterocycles. The number of hydrogen-bond acceptors (Lipinski definition) is 3. The number of allylic oxidation sites excluding steroid dienone is 2. The van der Waals surface area contributed by atoms with Gasteiger partial charge in [0.1, 0.15) is 5.76 Å². The quantitative estimate of drug-likeness (QED) is 0.911. The predicted molar refractivity (Wildman–Crippen MR) is 78.8 cm³/mol. The van der Waals surface area contributed by atoms with Gasteiger partial charge in [-0.15, -0.1) is 0 Å². The second-order valence-electron chi connectivity index (χ2n) is 4.89. The summed E-state index contributed by atoms with van der Waals surface area (Å²) in [6.07, 6.45) is 4.56. The van der Waals surface area contributed by atoms with E-state index in [9.17, 15) is 4.79 Å². The highest BCUT2D eigenvalue weighted by Gasteiger charge is 2.24. The van der Waals surface area contributed by atoms with Crippen LogP contribution in [0, 0.1) is 0 Å². The number of furan rings is 1. The zero-order valence-corrected chi connectivity index (χ0v) is 11.6. The predicted octanol–water partition coefficient (Wildman–Crippen LogP) is 4.38. The Bertz CT molecular complexity index is 646. The van der Waals surface area contributed by atoms with Gasteiger partial charge in [0.15, 0.2) is 5.78 Å². The van der Waals surface area contributed by atoms with Crippen molar-refractivity contribution < 1.29 is 9.21 Å². The fraction of sp³-hybridized carbons (Fsp3) is 0.188. The summed E-state index contributed by atoms with van der Waals surface area (Å²) in [4.78, 5) is 11.9. The highest BCUT2D eigenvalue weighted by Crippen LogP contribution is 2.32. The Labute approximate surface area is 122 Å². The summed E-state index contributed by atoms with van der Waals surface area (Å²) in [5.41, 5.74) is 1.78. The Hall–Kier alpha value is -2.00. The largest absolute Gasteiger partial charge is 0.469 e. The molecule has 1 aliphatic rings. The zero-order valence-electron chi connectivity index (χ0n) is 10.8. The van der Waals surface area contributed by atoms with Gasteiger partial charge in [-0.2, -0.15) is 0 Å². The van der Waals surface area contributed by atoms with Crippen molar-refractivity contribution in [2.24, 2.45) is 0 Å². The average molecular weight is 288 g/mol. The van der Waals surface area contributed by atoms with Gasteiger partial charge in [0.25, 0.3) is 0 Å². The van der Waals surface area contributed by atoms with Crippen LogP contribution in [0.25, 0.3) is 0 Å². The highest BCUT2D eigenvalue weighted by molar-refractivity contribution is 6.30. The summed E-state index contributed by atoms with van der Waals surface area (Å²) < 4.78 is 5.41. The first kappa shape index (κ1) is 13.0. The molecule has 0 spiro atoms. The molecule has 0 amide bonds. The first-order chi connectivity index (χ1) is 9.70. The molecule has 0 saturated heterocycles. The first-order valence-electron chi connectivity index (χ1n) is 6.50. The van der Waals surface area contributed by atoms with Crippen LogP contribution in [0.2, 0.25) is 5.02 Å². The van der Waals surface area contributed by atoms with E-state index >= 15 is 0 Å². The molecular weight excluding hydrogens is 274 g/mol. The van der Waals surface area contributed by atoms with Gasteiger partial charge in [-0.3, -0.25) is 4.79 Å². The van der Waals surface area contributed by atoms with Gasteiger partial charge in [0.05, 0.1) is 6.26 Å². The molecule has 1 aromatic heterocycles. The van der Waals surface area contributed by atoms with Gasteiger partial charge >= 0.3 is 0 Å². The van der Waals surface area contributed by atoms with Crippen LogP contribution in [0.15, 0.2) is 58.9 Å². The summed E-state index contributed by atoms with van der Waals surface area (Å²) in [6, 6.07) is 11.2. The number of halogens is 1. The summed E-state index contributed by atoms with van der Waals surface area (Å²) in [5, 5.41) is 3.93. The Morgan fingerprint density at radius 1 is 1.20 bits per heavy atom. The Kier molecular flexibility index (Phi) is 3.61. The van der Waals surface area contributed by atoms with Gasteiger partial charge in [-0.25, -0.2) is 0 Å². The van der Waals surface area contributed by atoms with Crippen LogP contribution >= 0.6 is 11.6 Å². The van der Waals surface area contributed by atoms with Crippen LogP contribution in [-0.2, 0) is 4.79 Å². The standard InChI is InChI=1S/C16H14ClNO2/c17-12-3-1-4-13(9-12)18-14-7-11(8-15(19)10-14)16-5-2-6-20-16/h1-6,9-11,18H,7-8H2/t11-/m1/s1. The van der Waals surface area contributed by atoms with E-state index in [0.29, 0.717) is 11.4 Å². The Balaban J connectivity index is 1.78. The molecule has 1 atom stereocenters. The molecule has 0 fully saturated rings. The molecule has 1 aromatic carbocycles. The van der Waals surface area contributed by atoms with E-state index in [1.54, 1.807) is 12.3 Å². The minimum Gasteiger partial charge on any atom is -0.469 e. The SMILES string of the molecule is O=C1C=C(Nc2cccc(Cl)c2)C[C@@H](c2ccco2)C1. The summed E-state index contributed by atoms with van der Waals surface area (Å²) in [5.74, 6) is 1.07. The number of benzene rings is 1. The molecule has 3 nitrogen and oxygen atoms in total. The number of carbonyl (C=O) groups excluding carboxylic acids is 1. The van der Waals surface area contributed by atoms with E-state index in [1.165, 1.54) is 0 Å². The van der Waals surface area contributed by atoms with Crippen LogP contribution in [0.1, 0.15) is 24.5 Å². The lowest BCUT2D eigenvalue weighted by Gasteiger charge is -2.21. The number of nitrogens with one attached hydrogen (secondary N) is 1. The van der Waals surface area contributed by atoms with Gasteiger partial charge in [0, 0.05) is 34.8 Å². The van der Waals surface area contributed by atoms with Crippen molar-refractivity contribution in [2.75, 3.05) is 5.32 Å². The van der Waals surface area contributed by atoms with Crippen molar-refractivity contribution in [3.05, 3.63) is 65.2 Å². The van der Waals surface area contributed by atoms with Crippen molar-refractivity contribution in [1.29, 1.82) is 0 Å². The van der Waals surface area contributed by atoms with Crippen LogP contribution in [0.4, 0.5) is 5.69 Å².